The number of aromatic nitrogens is 2. The Bertz CT molecular complexity index is 788. The third-order valence-electron chi connectivity index (χ3n) is 3.80. The van der Waals surface area contributed by atoms with Gasteiger partial charge in [0.15, 0.2) is 0 Å². The molecule has 1 atom stereocenters. The Balaban J connectivity index is 2.27. The number of aromatic hydroxyl groups is 1. The van der Waals surface area contributed by atoms with Crippen molar-refractivity contribution >= 4 is 11.8 Å². The van der Waals surface area contributed by atoms with Crippen LogP contribution in [0.25, 0.3) is 11.1 Å². The first kappa shape index (κ1) is 14.0. The first-order chi connectivity index (χ1) is 10.1. The third kappa shape index (κ3) is 2.40. The van der Waals surface area contributed by atoms with Crippen LogP contribution in [0.15, 0.2) is 33.9 Å². The second-order valence-corrected chi connectivity index (χ2v) is 6.31. The highest BCUT2D eigenvalue weighted by molar-refractivity contribution is 7.99. The molecule has 1 aliphatic heterocycles. The number of benzene rings is 1. The molecule has 0 bridgehead atoms. The highest BCUT2D eigenvalue weighted by atomic mass is 32.2. The minimum Gasteiger partial charge on any atom is -0.494 e. The largest absolute Gasteiger partial charge is 0.494 e. The average Bonchev–Trinajstić information content (AvgIpc) is 2.94. The molecule has 2 heterocycles. The predicted octanol–water partition coefficient (Wildman–Crippen LogP) is 1.90. The summed E-state index contributed by atoms with van der Waals surface area (Å²) in [6, 6.07) is 7.25. The molecule has 1 unspecified atom stereocenters. The van der Waals surface area contributed by atoms with Crippen molar-refractivity contribution in [3.8, 4) is 17.0 Å². The molecule has 6 heteroatoms. The van der Waals surface area contributed by atoms with Crippen molar-refractivity contribution in [3.63, 3.8) is 0 Å². The van der Waals surface area contributed by atoms with Gasteiger partial charge in [-0.05, 0) is 30.2 Å². The number of thioether (sulfide) groups is 1. The van der Waals surface area contributed by atoms with Gasteiger partial charge in [0.1, 0.15) is 5.56 Å². The summed E-state index contributed by atoms with van der Waals surface area (Å²) in [5, 5.41) is 10.5. The van der Waals surface area contributed by atoms with Crippen molar-refractivity contribution in [1.82, 2.24) is 9.55 Å². The van der Waals surface area contributed by atoms with Crippen LogP contribution in [-0.2, 0) is 0 Å². The molecule has 1 aromatic carbocycles. The number of hydrogen-bond acceptors (Lipinski definition) is 4. The summed E-state index contributed by atoms with van der Waals surface area (Å²) in [7, 11) is 0. The van der Waals surface area contributed by atoms with Gasteiger partial charge in [-0.25, -0.2) is 4.79 Å². The molecule has 1 saturated heterocycles. The molecule has 1 aromatic heterocycles. The number of H-pyrrole nitrogens is 1. The summed E-state index contributed by atoms with van der Waals surface area (Å²) in [4.78, 5) is 26.5. The molecule has 0 aliphatic carbocycles. The van der Waals surface area contributed by atoms with Crippen LogP contribution in [0.5, 0.6) is 5.88 Å². The average molecular weight is 304 g/mol. The van der Waals surface area contributed by atoms with Gasteiger partial charge in [0.05, 0.1) is 6.04 Å². The van der Waals surface area contributed by atoms with Crippen LogP contribution in [0.4, 0.5) is 0 Å². The van der Waals surface area contributed by atoms with Crippen molar-refractivity contribution in [2.75, 3.05) is 11.5 Å². The van der Waals surface area contributed by atoms with Gasteiger partial charge in [-0.15, -0.1) is 0 Å². The van der Waals surface area contributed by atoms with Crippen LogP contribution in [0.3, 0.4) is 0 Å². The number of aromatic amines is 1. The molecule has 2 N–H and O–H groups in total. The van der Waals surface area contributed by atoms with Crippen LogP contribution in [0.1, 0.15) is 18.0 Å². The maximum absolute atomic E-state index is 12.1. The summed E-state index contributed by atoms with van der Waals surface area (Å²) in [6.07, 6.45) is 0.817. The summed E-state index contributed by atoms with van der Waals surface area (Å²) in [6.45, 7) is 1.87. The smallest absolute Gasteiger partial charge is 0.331 e. The van der Waals surface area contributed by atoms with Crippen molar-refractivity contribution in [1.29, 1.82) is 0 Å². The highest BCUT2D eigenvalue weighted by Gasteiger charge is 2.25. The molecule has 0 saturated carbocycles. The van der Waals surface area contributed by atoms with Crippen LogP contribution in [0, 0.1) is 6.92 Å². The van der Waals surface area contributed by atoms with E-state index in [4.69, 9.17) is 0 Å². The van der Waals surface area contributed by atoms with Gasteiger partial charge < -0.3 is 5.11 Å². The van der Waals surface area contributed by atoms with E-state index in [-0.39, 0.29) is 17.5 Å². The van der Waals surface area contributed by atoms with Gasteiger partial charge in [0.25, 0.3) is 5.56 Å². The number of hydrogen-bond donors (Lipinski definition) is 2. The topological polar surface area (TPSA) is 75.1 Å². The Morgan fingerprint density at radius 3 is 2.76 bits per heavy atom. The monoisotopic (exact) mass is 304 g/mol. The third-order valence-corrected chi connectivity index (χ3v) is 4.95. The minimum absolute atomic E-state index is 0.0675. The van der Waals surface area contributed by atoms with Crippen molar-refractivity contribution in [3.05, 3.63) is 50.7 Å². The molecule has 0 spiro atoms. The summed E-state index contributed by atoms with van der Waals surface area (Å²) in [5.74, 6) is 1.49. The van der Waals surface area contributed by atoms with Gasteiger partial charge in [-0.1, -0.05) is 24.3 Å². The van der Waals surface area contributed by atoms with Crippen LogP contribution in [-0.4, -0.2) is 26.2 Å². The Labute approximate surface area is 125 Å². The van der Waals surface area contributed by atoms with E-state index in [1.807, 2.05) is 25.1 Å². The fraction of sp³-hybridized carbons (Fsp3) is 0.333. The fourth-order valence-corrected chi connectivity index (χ4v) is 3.89. The predicted molar refractivity (Wildman–Crippen MR) is 84.1 cm³/mol. The van der Waals surface area contributed by atoms with E-state index in [2.05, 4.69) is 4.98 Å². The van der Waals surface area contributed by atoms with E-state index < -0.39 is 11.2 Å². The van der Waals surface area contributed by atoms with Crippen LogP contribution >= 0.6 is 11.8 Å². The zero-order chi connectivity index (χ0) is 15.0. The van der Waals surface area contributed by atoms with Crippen LogP contribution in [0.2, 0.25) is 0 Å². The van der Waals surface area contributed by atoms with E-state index in [0.717, 1.165) is 23.5 Å². The number of nitrogens with one attached hydrogen (secondary N) is 1. The second kappa shape index (κ2) is 5.44. The SMILES string of the molecule is Cc1ccccc1-c1c(O)n(C2CCSC2)c(=O)[nH]c1=O. The first-order valence-electron chi connectivity index (χ1n) is 6.81. The summed E-state index contributed by atoms with van der Waals surface area (Å²) >= 11 is 1.74. The lowest BCUT2D eigenvalue weighted by Crippen LogP contribution is -2.33. The Kier molecular flexibility index (Phi) is 3.63. The minimum atomic E-state index is -0.547. The van der Waals surface area contributed by atoms with E-state index in [9.17, 15) is 14.7 Å². The number of aryl methyl sites for hydroxylation is 1. The Morgan fingerprint density at radius 2 is 2.10 bits per heavy atom. The maximum Gasteiger partial charge on any atom is 0.331 e. The second-order valence-electron chi connectivity index (χ2n) is 5.16. The number of rotatable bonds is 2. The molecular formula is C15H16N2O3S. The fourth-order valence-electron chi connectivity index (χ4n) is 2.70. The molecule has 2 aromatic rings. The first-order valence-corrected chi connectivity index (χ1v) is 7.96. The van der Waals surface area contributed by atoms with E-state index >= 15 is 0 Å². The molecule has 3 rings (SSSR count). The maximum atomic E-state index is 12.1. The van der Waals surface area contributed by atoms with Gasteiger partial charge in [-0.2, -0.15) is 11.8 Å². The Hall–Kier alpha value is -1.95. The lowest BCUT2D eigenvalue weighted by molar-refractivity contribution is 0.376. The molecule has 1 aliphatic rings. The molecule has 0 radical (unpaired) electrons. The molecular weight excluding hydrogens is 288 g/mol. The van der Waals surface area contributed by atoms with Crippen molar-refractivity contribution in [2.45, 2.75) is 19.4 Å². The van der Waals surface area contributed by atoms with Crippen LogP contribution < -0.4 is 11.2 Å². The zero-order valence-electron chi connectivity index (χ0n) is 11.6. The van der Waals surface area contributed by atoms with Gasteiger partial charge >= 0.3 is 5.69 Å². The van der Waals surface area contributed by atoms with E-state index in [1.54, 1.807) is 17.8 Å². The normalized spacial score (nSPS) is 18.0. The molecule has 1 fully saturated rings. The summed E-state index contributed by atoms with van der Waals surface area (Å²) < 4.78 is 1.32. The van der Waals surface area contributed by atoms with E-state index in [0.29, 0.717) is 5.56 Å². The lowest BCUT2D eigenvalue weighted by atomic mass is 10.0. The molecule has 0 amide bonds. The van der Waals surface area contributed by atoms with E-state index in [1.165, 1.54) is 4.57 Å². The number of nitrogens with zero attached hydrogens (tertiary/aromatic N) is 1. The molecule has 5 nitrogen and oxygen atoms in total. The van der Waals surface area contributed by atoms with Crippen molar-refractivity contribution in [2.24, 2.45) is 0 Å². The van der Waals surface area contributed by atoms with Gasteiger partial charge in [-0.3, -0.25) is 14.3 Å². The highest BCUT2D eigenvalue weighted by Crippen LogP contribution is 2.33. The standard InChI is InChI=1S/C15H16N2O3S/c1-9-4-2-3-5-11(9)12-13(18)16-15(20)17(14(12)19)10-6-7-21-8-10/h2-5,10,19H,6-8H2,1H3,(H,16,18,20). The van der Waals surface area contributed by atoms with Crippen molar-refractivity contribution < 1.29 is 5.11 Å². The lowest BCUT2D eigenvalue weighted by Gasteiger charge is -2.17. The molecule has 110 valence electrons. The zero-order valence-corrected chi connectivity index (χ0v) is 12.4. The summed E-state index contributed by atoms with van der Waals surface area (Å²) in [5.41, 5.74) is 0.612. The molecule has 21 heavy (non-hydrogen) atoms. The van der Waals surface area contributed by atoms with Gasteiger partial charge in [0.2, 0.25) is 5.88 Å². The van der Waals surface area contributed by atoms with Gasteiger partial charge in [0, 0.05) is 5.75 Å². The quantitative estimate of drug-likeness (QED) is 0.888. The Morgan fingerprint density at radius 1 is 1.33 bits per heavy atom.